The molecular formula is C36H30O2P2. The van der Waals surface area contributed by atoms with Crippen molar-refractivity contribution >= 4 is 47.2 Å². The molecule has 0 aliphatic heterocycles. The van der Waals surface area contributed by atoms with E-state index in [1.54, 1.807) is 0 Å². The van der Waals surface area contributed by atoms with E-state index in [9.17, 15) is 4.89 Å². The van der Waals surface area contributed by atoms with Crippen LogP contribution in [-0.4, -0.2) is 4.89 Å². The van der Waals surface area contributed by atoms with E-state index in [4.69, 9.17) is 4.74 Å². The second-order valence-electron chi connectivity index (χ2n) is 9.51. The van der Waals surface area contributed by atoms with Crippen LogP contribution in [-0.2, 0) is 0 Å². The molecule has 0 fully saturated rings. The molecule has 1 N–H and O–H groups in total. The fourth-order valence-corrected chi connectivity index (χ4v) is 10.6. The van der Waals surface area contributed by atoms with Crippen molar-refractivity contribution in [3.8, 4) is 11.5 Å². The van der Waals surface area contributed by atoms with E-state index >= 15 is 0 Å². The molecule has 0 saturated carbocycles. The summed E-state index contributed by atoms with van der Waals surface area (Å²) in [7, 11) is -4.23. The monoisotopic (exact) mass is 556 g/mol. The van der Waals surface area contributed by atoms with Crippen molar-refractivity contribution in [3.63, 3.8) is 0 Å². The van der Waals surface area contributed by atoms with Gasteiger partial charge in [0.1, 0.15) is 0 Å². The van der Waals surface area contributed by atoms with Crippen molar-refractivity contribution in [3.05, 3.63) is 170 Å². The first-order valence-electron chi connectivity index (χ1n) is 13.4. The van der Waals surface area contributed by atoms with Gasteiger partial charge < -0.3 is 0 Å². The summed E-state index contributed by atoms with van der Waals surface area (Å²) in [5.74, 6) is 1.47. The van der Waals surface area contributed by atoms with Crippen LogP contribution in [0, 0.1) is 0 Å². The summed E-state index contributed by atoms with van der Waals surface area (Å²) in [6, 6.07) is 57.5. The van der Waals surface area contributed by atoms with Crippen molar-refractivity contribution in [2.24, 2.45) is 0 Å². The first-order chi connectivity index (χ1) is 19.7. The topological polar surface area (TPSA) is 29.5 Å². The molecule has 196 valence electrons. The zero-order valence-electron chi connectivity index (χ0n) is 22.0. The summed E-state index contributed by atoms with van der Waals surface area (Å²) in [6.07, 6.45) is 0. The Kier molecular flexibility index (Phi) is 7.85. The Morgan fingerprint density at radius 3 is 1.35 bits per heavy atom. The average Bonchev–Trinajstić information content (AvgIpc) is 3.04. The normalized spacial score (nSPS) is 11.8. The molecule has 0 aromatic heterocycles. The van der Waals surface area contributed by atoms with Crippen LogP contribution in [0.2, 0.25) is 0 Å². The molecule has 0 heterocycles. The van der Waals surface area contributed by atoms with E-state index in [-0.39, 0.29) is 0 Å². The summed E-state index contributed by atoms with van der Waals surface area (Å²) >= 11 is 0. The van der Waals surface area contributed by atoms with Crippen LogP contribution in [0.5, 0.6) is 11.5 Å². The van der Waals surface area contributed by atoms with Crippen molar-refractivity contribution in [2.45, 2.75) is 0 Å². The Bertz CT molecular complexity index is 1600. The number of hydrogen-bond donors (Lipinski definition) is 1. The van der Waals surface area contributed by atoms with Gasteiger partial charge in [0, 0.05) is 0 Å². The third kappa shape index (κ3) is 5.23. The molecule has 0 unspecified atom stereocenters. The number of ether oxygens (including phenoxy) is 1. The van der Waals surface area contributed by atoms with Gasteiger partial charge >= 0.3 is 238 Å². The Labute approximate surface area is 237 Å². The van der Waals surface area contributed by atoms with Gasteiger partial charge in [-0.25, -0.2) is 0 Å². The molecule has 0 saturated heterocycles. The molecule has 0 aliphatic carbocycles. The Morgan fingerprint density at radius 1 is 0.425 bits per heavy atom. The van der Waals surface area contributed by atoms with Crippen molar-refractivity contribution in [1.29, 1.82) is 0 Å². The molecule has 0 radical (unpaired) electrons. The molecule has 0 spiro atoms. The van der Waals surface area contributed by atoms with Crippen LogP contribution in [0.25, 0.3) is 0 Å². The Hall–Kier alpha value is -4.06. The summed E-state index contributed by atoms with van der Waals surface area (Å²) in [6.45, 7) is 0. The van der Waals surface area contributed by atoms with Gasteiger partial charge in [-0.1, -0.05) is 0 Å². The van der Waals surface area contributed by atoms with Gasteiger partial charge in [0.05, 0.1) is 0 Å². The van der Waals surface area contributed by atoms with Gasteiger partial charge in [-0.15, -0.1) is 0 Å². The van der Waals surface area contributed by atoms with Crippen molar-refractivity contribution < 1.29 is 9.63 Å². The first kappa shape index (κ1) is 26.2. The fourth-order valence-electron chi connectivity index (χ4n) is 5.12. The van der Waals surface area contributed by atoms with E-state index in [1.807, 2.05) is 97.1 Å². The summed E-state index contributed by atoms with van der Waals surface area (Å²) in [5, 5.41) is 6.31. The zero-order valence-corrected chi connectivity index (χ0v) is 23.9. The zero-order chi connectivity index (χ0) is 27.2. The Morgan fingerprint density at radius 2 is 0.825 bits per heavy atom. The minimum absolute atomic E-state index is 0.674. The average molecular weight is 557 g/mol. The molecule has 0 amide bonds. The third-order valence-corrected chi connectivity index (χ3v) is 13.0. The predicted molar refractivity (Wildman–Crippen MR) is 174 cm³/mol. The summed E-state index contributed by atoms with van der Waals surface area (Å²) in [4.78, 5) is 12.7. The molecule has 6 aromatic rings. The van der Waals surface area contributed by atoms with E-state index in [2.05, 4.69) is 72.8 Å². The summed E-state index contributed by atoms with van der Waals surface area (Å²) in [5.41, 5.74) is 0. The number of rotatable bonds is 8. The van der Waals surface area contributed by atoms with Crippen LogP contribution >= 0.6 is 15.4 Å². The fraction of sp³-hybridized carbons (Fsp3) is 0. The van der Waals surface area contributed by atoms with Gasteiger partial charge in [0.15, 0.2) is 0 Å². The maximum atomic E-state index is 12.7. The van der Waals surface area contributed by atoms with Crippen LogP contribution in [0.4, 0.5) is 0 Å². The molecule has 4 heteroatoms. The second-order valence-corrected chi connectivity index (χ2v) is 14.8. The van der Waals surface area contributed by atoms with E-state index in [0.29, 0.717) is 5.75 Å². The van der Waals surface area contributed by atoms with E-state index in [0.717, 1.165) is 27.0 Å². The number of hydrogen-bond acceptors (Lipinski definition) is 2. The van der Waals surface area contributed by atoms with Crippen LogP contribution in [0.15, 0.2) is 170 Å². The quantitative estimate of drug-likeness (QED) is 0.227. The minimum atomic E-state index is -3.37. The summed E-state index contributed by atoms with van der Waals surface area (Å²) < 4.78 is 6.84. The van der Waals surface area contributed by atoms with Gasteiger partial charge in [-0.2, -0.15) is 0 Å². The molecule has 0 atom stereocenters. The maximum absolute atomic E-state index is 12.7. The van der Waals surface area contributed by atoms with Crippen LogP contribution in [0.3, 0.4) is 0 Å². The van der Waals surface area contributed by atoms with Gasteiger partial charge in [-0.05, 0) is 0 Å². The standard InChI is InChI=1S/C36H30O2P2/c37-40(31-21-9-3-10-22-31,32-23-11-4-12-24-32)36-28-16-14-26-34(36)38-33-25-13-15-27-35(33)39(29-17-5-1-6-18-29)30-19-7-2-8-20-30/h1-28,37,40H. The van der Waals surface area contributed by atoms with Gasteiger partial charge in [-0.3, -0.25) is 0 Å². The molecule has 6 rings (SSSR count). The van der Waals surface area contributed by atoms with Crippen LogP contribution in [0.1, 0.15) is 0 Å². The second kappa shape index (κ2) is 12.0. The predicted octanol–water partition coefficient (Wildman–Crippen LogP) is 6.17. The molecule has 0 aliphatic rings. The number of benzene rings is 6. The Balaban J connectivity index is 1.50. The number of para-hydroxylation sites is 2. The third-order valence-electron chi connectivity index (χ3n) is 7.01. The molecule has 40 heavy (non-hydrogen) atoms. The molecule has 2 nitrogen and oxygen atoms in total. The molecular weight excluding hydrogens is 526 g/mol. The molecule has 6 aromatic carbocycles. The van der Waals surface area contributed by atoms with Crippen LogP contribution < -0.4 is 36.6 Å². The SMILES string of the molecule is O[PH](c1ccccc1)(c1ccccc1)c1ccccc1Oc1ccccc1P(c1ccccc1)c1ccccc1. The van der Waals surface area contributed by atoms with Gasteiger partial charge in [0.2, 0.25) is 0 Å². The molecule has 0 bridgehead atoms. The van der Waals surface area contributed by atoms with Crippen molar-refractivity contribution in [2.75, 3.05) is 0 Å². The van der Waals surface area contributed by atoms with Crippen molar-refractivity contribution in [1.82, 2.24) is 0 Å². The van der Waals surface area contributed by atoms with E-state index < -0.39 is 15.4 Å². The van der Waals surface area contributed by atoms with E-state index in [1.165, 1.54) is 10.6 Å². The first-order valence-corrected chi connectivity index (χ1v) is 16.6. The van der Waals surface area contributed by atoms with Gasteiger partial charge in [0.25, 0.3) is 0 Å².